The molecule has 9 heteroatoms. The van der Waals surface area contributed by atoms with Gasteiger partial charge >= 0.3 is 0 Å². The first-order valence-corrected chi connectivity index (χ1v) is 10.9. The molecule has 2 aromatic carbocycles. The number of carbonyl (C=O) groups excluding carboxylic acids is 1. The quantitative estimate of drug-likeness (QED) is 0.205. The first-order chi connectivity index (χ1) is 14.5. The van der Waals surface area contributed by atoms with Gasteiger partial charge in [0.05, 0.1) is 28.7 Å². The number of thiazole rings is 1. The Bertz CT molecular complexity index is 1080. The average molecular weight is 442 g/mol. The third-order valence-electron chi connectivity index (χ3n) is 4.28. The number of methoxy groups -OCH3 is 1. The lowest BCUT2D eigenvalue weighted by atomic mass is 10.1. The van der Waals surface area contributed by atoms with Crippen molar-refractivity contribution in [2.24, 2.45) is 0 Å². The molecule has 0 saturated carbocycles. The number of hydrogen-bond acceptors (Lipinski definition) is 7. The summed E-state index contributed by atoms with van der Waals surface area (Å²) in [4.78, 5) is 31.0. The van der Waals surface area contributed by atoms with Gasteiger partial charge in [0.2, 0.25) is 0 Å². The standard InChI is InChI=1S/C21H19N3O4S2/c1-4-10-23(21-22-16(13-30-21)14-8-6-5-7-9-14)20(25)15-11-19(29-3)18(28-2)12-17(15)24(26)27/h4-9,11-13H,1,10H2,2-3H3. The molecule has 0 bridgehead atoms. The Morgan fingerprint density at radius 1 is 1.37 bits per heavy atom. The lowest BCUT2D eigenvalue weighted by Crippen LogP contribution is -2.31. The summed E-state index contributed by atoms with van der Waals surface area (Å²) in [6, 6.07) is 12.4. The Hall–Kier alpha value is -3.17. The van der Waals surface area contributed by atoms with Gasteiger partial charge in [-0.15, -0.1) is 29.7 Å². The number of ether oxygens (including phenoxy) is 1. The minimum atomic E-state index is -0.580. The van der Waals surface area contributed by atoms with Gasteiger partial charge in [-0.25, -0.2) is 4.98 Å². The van der Waals surface area contributed by atoms with Crippen molar-refractivity contribution in [1.29, 1.82) is 0 Å². The molecule has 0 unspecified atom stereocenters. The summed E-state index contributed by atoms with van der Waals surface area (Å²) in [7, 11) is 1.44. The van der Waals surface area contributed by atoms with Crippen molar-refractivity contribution < 1.29 is 14.5 Å². The monoisotopic (exact) mass is 441 g/mol. The largest absolute Gasteiger partial charge is 0.495 e. The van der Waals surface area contributed by atoms with Crippen LogP contribution in [-0.2, 0) is 0 Å². The lowest BCUT2D eigenvalue weighted by Gasteiger charge is -2.19. The van der Waals surface area contributed by atoms with Crippen LogP contribution in [0.25, 0.3) is 11.3 Å². The first kappa shape index (κ1) is 21.5. The Kier molecular flexibility index (Phi) is 6.86. The first-order valence-electron chi connectivity index (χ1n) is 8.84. The molecule has 0 aliphatic rings. The molecule has 0 aliphatic heterocycles. The van der Waals surface area contributed by atoms with Gasteiger partial charge in [0.1, 0.15) is 11.3 Å². The molecular weight excluding hydrogens is 422 g/mol. The third kappa shape index (κ3) is 4.37. The number of carbonyl (C=O) groups is 1. The fourth-order valence-electron chi connectivity index (χ4n) is 2.84. The molecule has 7 nitrogen and oxygen atoms in total. The number of amides is 1. The maximum absolute atomic E-state index is 13.4. The van der Waals surface area contributed by atoms with Crippen LogP contribution in [0, 0.1) is 10.1 Å². The molecule has 3 aromatic rings. The SMILES string of the molecule is C=CCN(C(=O)c1cc(SC)c(OC)cc1[N+](=O)[O-])c1nc(-c2ccccc2)cs1. The van der Waals surface area contributed by atoms with Crippen molar-refractivity contribution in [3.05, 3.63) is 76.2 Å². The van der Waals surface area contributed by atoms with E-state index in [-0.39, 0.29) is 17.8 Å². The highest BCUT2D eigenvalue weighted by Crippen LogP contribution is 2.36. The zero-order valence-electron chi connectivity index (χ0n) is 16.4. The Balaban J connectivity index is 2.05. The molecule has 0 fully saturated rings. The number of thioether (sulfide) groups is 1. The van der Waals surface area contributed by atoms with Crippen molar-refractivity contribution in [3.8, 4) is 17.0 Å². The van der Waals surface area contributed by atoms with E-state index in [0.29, 0.717) is 15.8 Å². The van der Waals surface area contributed by atoms with Gasteiger partial charge in [0.15, 0.2) is 5.13 Å². The number of hydrogen-bond donors (Lipinski definition) is 0. The number of benzene rings is 2. The highest BCUT2D eigenvalue weighted by atomic mass is 32.2. The molecule has 0 saturated heterocycles. The molecule has 0 radical (unpaired) electrons. The van der Waals surface area contributed by atoms with Crippen LogP contribution in [-0.4, -0.2) is 35.7 Å². The second-order valence-electron chi connectivity index (χ2n) is 6.07. The van der Waals surface area contributed by atoms with Gasteiger partial charge in [-0.1, -0.05) is 36.4 Å². The predicted octanol–water partition coefficient (Wildman–Crippen LogP) is 5.28. The fraction of sp³-hybridized carbons (Fsp3) is 0.143. The maximum Gasteiger partial charge on any atom is 0.285 e. The Morgan fingerprint density at radius 2 is 2.10 bits per heavy atom. The van der Waals surface area contributed by atoms with E-state index >= 15 is 0 Å². The smallest absolute Gasteiger partial charge is 0.285 e. The highest BCUT2D eigenvalue weighted by molar-refractivity contribution is 7.98. The summed E-state index contributed by atoms with van der Waals surface area (Å²) in [6.07, 6.45) is 3.37. The summed E-state index contributed by atoms with van der Waals surface area (Å²) in [6.45, 7) is 3.88. The molecule has 154 valence electrons. The van der Waals surface area contributed by atoms with Crippen LogP contribution < -0.4 is 9.64 Å². The molecule has 1 heterocycles. The zero-order valence-corrected chi connectivity index (χ0v) is 18.0. The molecule has 3 rings (SSSR count). The topological polar surface area (TPSA) is 85.6 Å². The Morgan fingerprint density at radius 3 is 2.70 bits per heavy atom. The van der Waals surface area contributed by atoms with E-state index in [4.69, 9.17) is 4.74 Å². The summed E-state index contributed by atoms with van der Waals surface area (Å²) in [5.74, 6) is -0.171. The molecule has 1 aromatic heterocycles. The molecular formula is C21H19N3O4S2. The van der Waals surface area contributed by atoms with E-state index in [2.05, 4.69) is 11.6 Å². The summed E-state index contributed by atoms with van der Waals surface area (Å²) < 4.78 is 5.23. The second-order valence-corrected chi connectivity index (χ2v) is 7.75. The van der Waals surface area contributed by atoms with Crippen molar-refractivity contribution >= 4 is 39.8 Å². The van der Waals surface area contributed by atoms with Crippen LogP contribution in [0.1, 0.15) is 10.4 Å². The number of aromatic nitrogens is 1. The van der Waals surface area contributed by atoms with Crippen molar-refractivity contribution in [1.82, 2.24) is 4.98 Å². The number of nitrogens with zero attached hydrogens (tertiary/aromatic N) is 3. The van der Waals surface area contributed by atoms with E-state index in [1.165, 1.54) is 47.2 Å². The number of nitro benzene ring substituents is 1. The van der Waals surface area contributed by atoms with Gasteiger partial charge < -0.3 is 4.74 Å². The normalized spacial score (nSPS) is 10.5. The lowest BCUT2D eigenvalue weighted by molar-refractivity contribution is -0.385. The van der Waals surface area contributed by atoms with E-state index in [1.54, 1.807) is 6.08 Å². The maximum atomic E-state index is 13.4. The molecule has 0 spiro atoms. The Labute approximate surface area is 182 Å². The summed E-state index contributed by atoms with van der Waals surface area (Å²) in [5.41, 5.74) is 1.31. The van der Waals surface area contributed by atoms with Crippen LogP contribution in [0.15, 0.2) is 65.4 Å². The van der Waals surface area contributed by atoms with E-state index < -0.39 is 10.8 Å². The number of nitro groups is 1. The average Bonchev–Trinajstić information content (AvgIpc) is 3.26. The van der Waals surface area contributed by atoms with Crippen LogP contribution in [0.2, 0.25) is 0 Å². The second kappa shape index (κ2) is 9.55. The number of rotatable bonds is 8. The predicted molar refractivity (Wildman–Crippen MR) is 121 cm³/mol. The van der Waals surface area contributed by atoms with Crippen molar-refractivity contribution in [2.45, 2.75) is 4.90 Å². The van der Waals surface area contributed by atoms with Gasteiger partial charge in [-0.05, 0) is 12.3 Å². The van der Waals surface area contributed by atoms with Crippen LogP contribution >= 0.6 is 23.1 Å². The van der Waals surface area contributed by atoms with Gasteiger partial charge in [0.25, 0.3) is 11.6 Å². The molecule has 30 heavy (non-hydrogen) atoms. The highest BCUT2D eigenvalue weighted by Gasteiger charge is 2.29. The van der Waals surface area contributed by atoms with Gasteiger partial charge in [-0.3, -0.25) is 19.8 Å². The molecule has 0 N–H and O–H groups in total. The van der Waals surface area contributed by atoms with E-state index in [0.717, 1.165) is 11.3 Å². The minimum absolute atomic E-state index is 0.0246. The summed E-state index contributed by atoms with van der Waals surface area (Å²) >= 11 is 2.64. The zero-order chi connectivity index (χ0) is 21.7. The van der Waals surface area contributed by atoms with E-state index in [9.17, 15) is 14.9 Å². The molecule has 0 aliphatic carbocycles. The van der Waals surface area contributed by atoms with Crippen molar-refractivity contribution in [3.63, 3.8) is 0 Å². The number of anilines is 1. The van der Waals surface area contributed by atoms with Crippen LogP contribution in [0.5, 0.6) is 5.75 Å². The van der Waals surface area contributed by atoms with E-state index in [1.807, 2.05) is 42.0 Å². The van der Waals surface area contributed by atoms with Gasteiger partial charge in [0, 0.05) is 17.5 Å². The third-order valence-corrected chi connectivity index (χ3v) is 5.90. The molecule has 1 amide bonds. The molecule has 0 atom stereocenters. The van der Waals surface area contributed by atoms with Gasteiger partial charge in [-0.2, -0.15) is 0 Å². The van der Waals surface area contributed by atoms with Crippen LogP contribution in [0.3, 0.4) is 0 Å². The fourth-order valence-corrected chi connectivity index (χ4v) is 4.26. The van der Waals surface area contributed by atoms with Crippen molar-refractivity contribution in [2.75, 3.05) is 24.8 Å². The summed E-state index contributed by atoms with van der Waals surface area (Å²) in [5, 5.41) is 13.9. The van der Waals surface area contributed by atoms with Crippen LogP contribution in [0.4, 0.5) is 10.8 Å². The minimum Gasteiger partial charge on any atom is -0.495 e.